The van der Waals surface area contributed by atoms with Gasteiger partial charge in [-0.05, 0) is 85.2 Å². The van der Waals surface area contributed by atoms with Crippen LogP contribution in [0.4, 0.5) is 0 Å². The monoisotopic (exact) mass is 377 g/mol. The van der Waals surface area contributed by atoms with E-state index in [1.807, 2.05) is 0 Å². The van der Waals surface area contributed by atoms with Crippen LogP contribution < -0.4 is 0 Å². The van der Waals surface area contributed by atoms with Gasteiger partial charge in [0.15, 0.2) is 0 Å². The summed E-state index contributed by atoms with van der Waals surface area (Å²) in [6.45, 7) is 7.28. The Morgan fingerprint density at radius 3 is 2.36 bits per heavy atom. The van der Waals surface area contributed by atoms with Crippen molar-refractivity contribution < 1.29 is 5.11 Å². The third kappa shape index (κ3) is 3.72. The lowest BCUT2D eigenvalue weighted by Gasteiger charge is -2.35. The summed E-state index contributed by atoms with van der Waals surface area (Å²) >= 11 is 0. The van der Waals surface area contributed by atoms with Gasteiger partial charge in [0.2, 0.25) is 0 Å². The summed E-state index contributed by atoms with van der Waals surface area (Å²) in [7, 11) is 2.22. The molecule has 28 heavy (non-hydrogen) atoms. The molecule has 0 fully saturated rings. The lowest BCUT2D eigenvalue weighted by atomic mass is 9.80. The van der Waals surface area contributed by atoms with Crippen molar-refractivity contribution in [1.82, 2.24) is 4.90 Å². The number of hydrogen-bond donors (Lipinski definition) is 1. The number of fused-ring (bicyclic) bond motifs is 2. The highest BCUT2D eigenvalue weighted by atomic mass is 16.3. The Kier molecular flexibility index (Phi) is 5.26. The topological polar surface area (TPSA) is 23.5 Å². The summed E-state index contributed by atoms with van der Waals surface area (Å²) in [6, 6.07) is 11.7. The van der Waals surface area contributed by atoms with Gasteiger partial charge in [0, 0.05) is 18.2 Å². The summed E-state index contributed by atoms with van der Waals surface area (Å²) in [4.78, 5) is 2.45. The second-order valence-electron chi connectivity index (χ2n) is 9.91. The number of nitrogens with zero attached hydrogens (tertiary/aromatic N) is 1. The van der Waals surface area contributed by atoms with Crippen molar-refractivity contribution in [3.05, 3.63) is 63.7 Å². The first-order valence-electron chi connectivity index (χ1n) is 11.0. The van der Waals surface area contributed by atoms with Gasteiger partial charge in [0.1, 0.15) is 5.75 Å². The predicted octanol–water partition coefficient (Wildman–Crippen LogP) is 6.08. The molecule has 2 aliphatic carbocycles. The summed E-state index contributed by atoms with van der Waals surface area (Å²) in [5.41, 5.74) is 8.33. The Morgan fingerprint density at radius 2 is 1.64 bits per heavy atom. The zero-order chi connectivity index (χ0) is 19.9. The summed E-state index contributed by atoms with van der Waals surface area (Å²) in [5, 5.41) is 10.9. The van der Waals surface area contributed by atoms with E-state index in [1.54, 1.807) is 22.3 Å². The maximum absolute atomic E-state index is 10.9. The highest BCUT2D eigenvalue weighted by molar-refractivity contribution is 5.45. The molecule has 1 atom stereocenters. The number of phenols is 1. The molecule has 2 aromatic carbocycles. The summed E-state index contributed by atoms with van der Waals surface area (Å²) in [6.07, 6.45) is 8.87. The number of benzene rings is 2. The van der Waals surface area contributed by atoms with Crippen LogP contribution in [0.15, 0.2) is 30.3 Å². The van der Waals surface area contributed by atoms with E-state index in [4.69, 9.17) is 0 Å². The van der Waals surface area contributed by atoms with Gasteiger partial charge in [-0.3, -0.25) is 4.90 Å². The molecule has 0 saturated carbocycles. The molecule has 1 N–H and O–H groups in total. The molecule has 2 nitrogen and oxygen atoms in total. The van der Waals surface area contributed by atoms with E-state index in [1.165, 1.54) is 44.9 Å². The Morgan fingerprint density at radius 1 is 0.964 bits per heavy atom. The van der Waals surface area contributed by atoms with E-state index >= 15 is 0 Å². The quantitative estimate of drug-likeness (QED) is 0.701. The second-order valence-corrected chi connectivity index (χ2v) is 9.91. The highest BCUT2D eigenvalue weighted by Gasteiger charge is 2.27. The zero-order valence-corrected chi connectivity index (χ0v) is 18.0. The van der Waals surface area contributed by atoms with Crippen molar-refractivity contribution in [3.8, 4) is 5.75 Å². The molecule has 1 unspecified atom stereocenters. The molecule has 150 valence electrons. The molecule has 4 rings (SSSR count). The largest absolute Gasteiger partial charge is 0.507 e. The van der Waals surface area contributed by atoms with Crippen LogP contribution in [0.3, 0.4) is 0 Å². The molecule has 0 aliphatic heterocycles. The third-order valence-electron chi connectivity index (χ3n) is 6.77. The molecular formula is C26H35NO. The average molecular weight is 378 g/mol. The molecule has 0 bridgehead atoms. The van der Waals surface area contributed by atoms with Crippen LogP contribution >= 0.6 is 0 Å². The fourth-order valence-electron chi connectivity index (χ4n) is 5.18. The van der Waals surface area contributed by atoms with Crippen LogP contribution in [0.1, 0.15) is 85.9 Å². The first kappa shape index (κ1) is 19.5. The first-order chi connectivity index (χ1) is 13.3. The SMILES string of the molecule is CN(Cc1cccc(C(C)(C)C)c1O)C1CCCc2cc3c(cc21)CCCC3. The van der Waals surface area contributed by atoms with E-state index in [0.717, 1.165) is 17.7 Å². The summed E-state index contributed by atoms with van der Waals surface area (Å²) in [5.74, 6) is 0.475. The van der Waals surface area contributed by atoms with Crippen molar-refractivity contribution in [2.24, 2.45) is 0 Å². The van der Waals surface area contributed by atoms with E-state index in [9.17, 15) is 5.11 Å². The molecule has 0 saturated heterocycles. The van der Waals surface area contributed by atoms with Crippen molar-refractivity contribution in [2.45, 2.75) is 83.7 Å². The third-order valence-corrected chi connectivity index (χ3v) is 6.77. The minimum Gasteiger partial charge on any atom is -0.507 e. The lowest BCUT2D eigenvalue weighted by Crippen LogP contribution is -2.28. The smallest absolute Gasteiger partial charge is 0.123 e. The van der Waals surface area contributed by atoms with E-state index in [2.05, 4.69) is 63.1 Å². The van der Waals surface area contributed by atoms with Crippen molar-refractivity contribution >= 4 is 0 Å². The van der Waals surface area contributed by atoms with Crippen LogP contribution in [0.2, 0.25) is 0 Å². The fraction of sp³-hybridized carbons (Fsp3) is 0.538. The van der Waals surface area contributed by atoms with Gasteiger partial charge in [0.25, 0.3) is 0 Å². The average Bonchev–Trinajstić information content (AvgIpc) is 2.66. The standard InChI is InChI=1S/C26H35NO/c1-26(2,3)23-13-7-12-21(25(23)28)17-27(4)24-14-8-11-20-15-18-9-5-6-10-19(18)16-22(20)24/h7,12-13,15-16,24,28H,5-6,8-11,14,17H2,1-4H3. The normalized spacial score (nSPS) is 19.4. The van der Waals surface area contributed by atoms with Gasteiger partial charge >= 0.3 is 0 Å². The van der Waals surface area contributed by atoms with Gasteiger partial charge in [-0.25, -0.2) is 0 Å². The second kappa shape index (κ2) is 7.55. The van der Waals surface area contributed by atoms with Crippen LogP contribution in [0.25, 0.3) is 0 Å². The predicted molar refractivity (Wildman–Crippen MR) is 117 cm³/mol. The van der Waals surface area contributed by atoms with Crippen LogP contribution in [0, 0.1) is 0 Å². The minimum atomic E-state index is -0.0465. The first-order valence-corrected chi connectivity index (χ1v) is 11.0. The number of para-hydroxylation sites is 1. The van der Waals surface area contributed by atoms with Gasteiger partial charge in [0.05, 0.1) is 0 Å². The molecule has 0 radical (unpaired) electrons. The number of aryl methyl sites for hydroxylation is 3. The maximum atomic E-state index is 10.9. The van der Waals surface area contributed by atoms with Gasteiger partial charge in [-0.1, -0.05) is 51.1 Å². The molecule has 0 spiro atoms. The van der Waals surface area contributed by atoms with E-state index in [0.29, 0.717) is 11.8 Å². The van der Waals surface area contributed by atoms with Crippen LogP contribution in [-0.4, -0.2) is 17.1 Å². The number of rotatable bonds is 3. The van der Waals surface area contributed by atoms with Gasteiger partial charge in [-0.2, -0.15) is 0 Å². The molecule has 0 heterocycles. The zero-order valence-electron chi connectivity index (χ0n) is 18.0. The molecule has 0 aromatic heterocycles. The Balaban J connectivity index is 1.61. The Labute approximate surface area is 170 Å². The van der Waals surface area contributed by atoms with Crippen molar-refractivity contribution in [1.29, 1.82) is 0 Å². The molecule has 2 heteroatoms. The number of phenolic OH excluding ortho intramolecular Hbond substituents is 1. The van der Waals surface area contributed by atoms with Gasteiger partial charge < -0.3 is 5.11 Å². The van der Waals surface area contributed by atoms with E-state index in [-0.39, 0.29) is 5.41 Å². The van der Waals surface area contributed by atoms with Crippen LogP contribution in [-0.2, 0) is 31.2 Å². The molecule has 2 aliphatic rings. The minimum absolute atomic E-state index is 0.0465. The van der Waals surface area contributed by atoms with E-state index < -0.39 is 0 Å². The van der Waals surface area contributed by atoms with Crippen molar-refractivity contribution in [3.63, 3.8) is 0 Å². The number of hydrogen-bond acceptors (Lipinski definition) is 2. The molecular weight excluding hydrogens is 342 g/mol. The maximum Gasteiger partial charge on any atom is 0.123 e. The molecule has 0 amide bonds. The summed E-state index contributed by atoms with van der Waals surface area (Å²) < 4.78 is 0. The number of aromatic hydroxyl groups is 1. The fourth-order valence-corrected chi connectivity index (χ4v) is 5.18. The van der Waals surface area contributed by atoms with Crippen LogP contribution in [0.5, 0.6) is 5.75 Å². The highest BCUT2D eigenvalue weighted by Crippen LogP contribution is 2.39. The van der Waals surface area contributed by atoms with Crippen molar-refractivity contribution in [2.75, 3.05) is 7.05 Å². The lowest BCUT2D eigenvalue weighted by molar-refractivity contribution is 0.210. The Bertz CT molecular complexity index is 861. The molecule has 2 aromatic rings. The van der Waals surface area contributed by atoms with Gasteiger partial charge in [-0.15, -0.1) is 0 Å². The Hall–Kier alpha value is -1.80.